The molecule has 0 saturated heterocycles. The summed E-state index contributed by atoms with van der Waals surface area (Å²) in [6.07, 6.45) is 1.79. The fourth-order valence-electron chi connectivity index (χ4n) is 4.70. The molecular weight excluding hydrogens is 384 g/mol. The number of thiophene rings is 1. The number of hydrogen-bond donors (Lipinski definition) is 1. The molecule has 1 N–H and O–H groups in total. The number of nitrogens with one attached hydrogen (secondary N) is 1. The van der Waals surface area contributed by atoms with Gasteiger partial charge in [0.15, 0.2) is 0 Å². The van der Waals surface area contributed by atoms with Gasteiger partial charge in [-0.1, -0.05) is 60.7 Å². The molecule has 0 saturated carbocycles. The minimum absolute atomic E-state index is 1.04. The molecule has 5 aromatic carbocycles. The van der Waals surface area contributed by atoms with Crippen molar-refractivity contribution in [1.29, 1.82) is 0 Å². The zero-order valence-electron chi connectivity index (χ0n) is 16.0. The van der Waals surface area contributed by atoms with Crippen LogP contribution in [0.1, 0.15) is 0 Å². The van der Waals surface area contributed by atoms with Crippen LogP contribution in [0.2, 0.25) is 0 Å². The second-order valence-electron chi connectivity index (χ2n) is 7.74. The average Bonchev–Trinajstić information content (AvgIpc) is 3.44. The molecule has 0 amide bonds. The topological polar surface area (TPSA) is 28.7 Å². The standard InChI is InChI=1S/C27H16N2S/c1-2-7-20-18(5-1)22-13-16(9-11-21(22)27-26(20)28-15-29-27)17-10-12-25-23(14-17)19-6-3-4-8-24(19)30-25/h1-15H,(H,28,29). The fraction of sp³-hybridized carbons (Fsp3) is 0. The molecule has 2 aromatic heterocycles. The number of rotatable bonds is 1. The Labute approximate surface area is 176 Å². The van der Waals surface area contributed by atoms with Gasteiger partial charge in [-0.25, -0.2) is 4.98 Å². The Kier molecular flexibility index (Phi) is 3.18. The molecule has 0 bridgehead atoms. The van der Waals surface area contributed by atoms with Gasteiger partial charge in [0, 0.05) is 30.9 Å². The first-order chi connectivity index (χ1) is 14.9. The van der Waals surface area contributed by atoms with E-state index in [2.05, 4.69) is 94.9 Å². The first-order valence-corrected chi connectivity index (χ1v) is 10.9. The molecule has 0 spiro atoms. The minimum Gasteiger partial charge on any atom is -0.344 e. The van der Waals surface area contributed by atoms with Crippen LogP contribution in [0.3, 0.4) is 0 Å². The summed E-state index contributed by atoms with van der Waals surface area (Å²) in [6.45, 7) is 0. The Morgan fingerprint density at radius 2 is 1.27 bits per heavy atom. The third-order valence-electron chi connectivity index (χ3n) is 6.11. The van der Waals surface area contributed by atoms with Crippen LogP contribution in [-0.4, -0.2) is 9.97 Å². The molecule has 0 aliphatic carbocycles. The summed E-state index contributed by atoms with van der Waals surface area (Å²) in [5.41, 5.74) is 4.64. The molecular formula is C27H16N2S. The Morgan fingerprint density at radius 3 is 2.17 bits per heavy atom. The molecule has 0 unspecified atom stereocenters. The predicted octanol–water partition coefficient (Wildman–Crippen LogP) is 7.90. The van der Waals surface area contributed by atoms with Crippen LogP contribution in [0.25, 0.3) is 63.9 Å². The van der Waals surface area contributed by atoms with Crippen molar-refractivity contribution in [2.24, 2.45) is 0 Å². The smallest absolute Gasteiger partial charge is 0.0967 e. The lowest BCUT2D eigenvalue weighted by atomic mass is 9.95. The molecule has 0 atom stereocenters. The maximum Gasteiger partial charge on any atom is 0.0967 e. The fourth-order valence-corrected chi connectivity index (χ4v) is 5.78. The second-order valence-corrected chi connectivity index (χ2v) is 8.83. The summed E-state index contributed by atoms with van der Waals surface area (Å²) in [7, 11) is 0. The molecule has 0 aliphatic rings. The van der Waals surface area contributed by atoms with E-state index < -0.39 is 0 Å². The number of aromatic amines is 1. The van der Waals surface area contributed by atoms with E-state index in [0.29, 0.717) is 0 Å². The van der Waals surface area contributed by atoms with Crippen LogP contribution in [-0.2, 0) is 0 Å². The molecule has 140 valence electrons. The van der Waals surface area contributed by atoms with Gasteiger partial charge in [-0.3, -0.25) is 0 Å². The van der Waals surface area contributed by atoms with Gasteiger partial charge in [-0.05, 0) is 46.2 Å². The van der Waals surface area contributed by atoms with E-state index in [1.165, 1.54) is 52.8 Å². The highest BCUT2D eigenvalue weighted by atomic mass is 32.1. The van der Waals surface area contributed by atoms with E-state index in [9.17, 15) is 0 Å². The molecule has 7 rings (SSSR count). The van der Waals surface area contributed by atoms with Gasteiger partial charge in [-0.2, -0.15) is 0 Å². The summed E-state index contributed by atoms with van der Waals surface area (Å²) >= 11 is 1.86. The quantitative estimate of drug-likeness (QED) is 0.279. The summed E-state index contributed by atoms with van der Waals surface area (Å²) in [6, 6.07) is 30.9. The number of H-pyrrole nitrogens is 1. The third kappa shape index (κ3) is 2.15. The predicted molar refractivity (Wildman–Crippen MR) is 129 cm³/mol. The maximum absolute atomic E-state index is 4.58. The number of nitrogens with zero attached hydrogens (tertiary/aromatic N) is 1. The Balaban J connectivity index is 1.54. The van der Waals surface area contributed by atoms with Crippen LogP contribution in [0.15, 0.2) is 91.3 Å². The van der Waals surface area contributed by atoms with Crippen LogP contribution < -0.4 is 0 Å². The summed E-state index contributed by atoms with van der Waals surface area (Å²) in [5.74, 6) is 0. The minimum atomic E-state index is 1.04. The van der Waals surface area contributed by atoms with Gasteiger partial charge < -0.3 is 4.98 Å². The maximum atomic E-state index is 4.58. The number of benzene rings is 5. The van der Waals surface area contributed by atoms with Crippen molar-refractivity contribution >= 4 is 64.1 Å². The Morgan fingerprint density at radius 1 is 0.567 bits per heavy atom. The molecule has 2 nitrogen and oxygen atoms in total. The first kappa shape index (κ1) is 16.1. The van der Waals surface area contributed by atoms with Crippen molar-refractivity contribution in [2.45, 2.75) is 0 Å². The van der Waals surface area contributed by atoms with E-state index in [1.807, 2.05) is 11.3 Å². The summed E-state index contributed by atoms with van der Waals surface area (Å²) in [5, 5.41) is 7.59. The van der Waals surface area contributed by atoms with E-state index in [-0.39, 0.29) is 0 Å². The SMILES string of the molecule is c1ccc2c(c1)sc1ccc(-c3ccc4c(c3)c3ccccc3c3nc[nH]c43)cc12. The largest absolute Gasteiger partial charge is 0.344 e. The van der Waals surface area contributed by atoms with Crippen molar-refractivity contribution in [3.05, 3.63) is 91.3 Å². The lowest BCUT2D eigenvalue weighted by Crippen LogP contribution is -1.84. The van der Waals surface area contributed by atoms with E-state index in [1.54, 1.807) is 6.33 Å². The highest BCUT2D eigenvalue weighted by Crippen LogP contribution is 2.38. The van der Waals surface area contributed by atoms with E-state index in [0.717, 1.165) is 11.0 Å². The molecule has 0 radical (unpaired) electrons. The van der Waals surface area contributed by atoms with Crippen molar-refractivity contribution in [2.75, 3.05) is 0 Å². The molecule has 2 heterocycles. The Hall–Kier alpha value is -3.69. The number of fused-ring (bicyclic) bond motifs is 9. The van der Waals surface area contributed by atoms with Crippen LogP contribution in [0, 0.1) is 0 Å². The third-order valence-corrected chi connectivity index (χ3v) is 7.26. The normalized spacial score (nSPS) is 12.0. The van der Waals surface area contributed by atoms with Crippen LogP contribution in [0.4, 0.5) is 0 Å². The molecule has 0 fully saturated rings. The highest BCUT2D eigenvalue weighted by Gasteiger charge is 2.12. The molecule has 3 heteroatoms. The molecule has 30 heavy (non-hydrogen) atoms. The first-order valence-electron chi connectivity index (χ1n) is 10.1. The number of imidazole rings is 1. The van der Waals surface area contributed by atoms with Gasteiger partial charge >= 0.3 is 0 Å². The van der Waals surface area contributed by atoms with E-state index >= 15 is 0 Å². The van der Waals surface area contributed by atoms with Crippen molar-refractivity contribution in [3.8, 4) is 11.1 Å². The van der Waals surface area contributed by atoms with Crippen molar-refractivity contribution < 1.29 is 0 Å². The van der Waals surface area contributed by atoms with Crippen molar-refractivity contribution in [3.63, 3.8) is 0 Å². The van der Waals surface area contributed by atoms with Gasteiger partial charge in [0.25, 0.3) is 0 Å². The zero-order valence-corrected chi connectivity index (χ0v) is 16.8. The summed E-state index contributed by atoms with van der Waals surface area (Å²) < 4.78 is 2.68. The van der Waals surface area contributed by atoms with Crippen LogP contribution in [0.5, 0.6) is 0 Å². The van der Waals surface area contributed by atoms with Gasteiger partial charge in [-0.15, -0.1) is 11.3 Å². The van der Waals surface area contributed by atoms with Gasteiger partial charge in [0.1, 0.15) is 0 Å². The zero-order chi connectivity index (χ0) is 19.7. The molecule has 7 aromatic rings. The highest BCUT2D eigenvalue weighted by molar-refractivity contribution is 7.25. The van der Waals surface area contributed by atoms with Gasteiger partial charge in [0.05, 0.1) is 17.4 Å². The average molecular weight is 401 g/mol. The lowest BCUT2D eigenvalue weighted by Gasteiger charge is -2.09. The lowest BCUT2D eigenvalue weighted by molar-refractivity contribution is 1.35. The number of aromatic nitrogens is 2. The van der Waals surface area contributed by atoms with E-state index in [4.69, 9.17) is 0 Å². The summed E-state index contributed by atoms with van der Waals surface area (Å²) in [4.78, 5) is 7.93. The number of hydrogen-bond acceptors (Lipinski definition) is 2. The Bertz CT molecular complexity index is 1750. The molecule has 0 aliphatic heterocycles. The van der Waals surface area contributed by atoms with Gasteiger partial charge in [0.2, 0.25) is 0 Å². The monoisotopic (exact) mass is 400 g/mol. The second kappa shape index (κ2) is 5.91. The van der Waals surface area contributed by atoms with Crippen LogP contribution >= 0.6 is 11.3 Å². The van der Waals surface area contributed by atoms with Crippen molar-refractivity contribution in [1.82, 2.24) is 9.97 Å².